The normalized spacial score (nSPS) is 10.2. The SMILES string of the molecule is CCNCCCNC(=O)c1ccccc1SC. The molecule has 1 aromatic carbocycles. The van der Waals surface area contributed by atoms with E-state index in [-0.39, 0.29) is 5.91 Å². The molecule has 0 aliphatic carbocycles. The Labute approximate surface area is 107 Å². The highest BCUT2D eigenvalue weighted by atomic mass is 32.2. The Kier molecular flexibility index (Phi) is 6.74. The number of carbonyl (C=O) groups is 1. The summed E-state index contributed by atoms with van der Waals surface area (Å²) in [5, 5.41) is 6.17. The lowest BCUT2D eigenvalue weighted by atomic mass is 10.2. The first-order valence-corrected chi connectivity index (χ1v) is 7.14. The van der Waals surface area contributed by atoms with Crippen molar-refractivity contribution in [3.05, 3.63) is 29.8 Å². The fourth-order valence-electron chi connectivity index (χ4n) is 1.52. The van der Waals surface area contributed by atoms with Gasteiger partial charge in [-0.25, -0.2) is 0 Å². The van der Waals surface area contributed by atoms with Crippen molar-refractivity contribution in [2.45, 2.75) is 18.2 Å². The number of carbonyl (C=O) groups excluding carboxylic acids is 1. The van der Waals surface area contributed by atoms with Crippen LogP contribution >= 0.6 is 11.8 Å². The summed E-state index contributed by atoms with van der Waals surface area (Å²) in [7, 11) is 0. The third-order valence-electron chi connectivity index (χ3n) is 2.42. The van der Waals surface area contributed by atoms with Crippen LogP contribution in [0.4, 0.5) is 0 Å². The molecule has 1 rings (SSSR count). The number of amides is 1. The molecule has 94 valence electrons. The van der Waals surface area contributed by atoms with Gasteiger partial charge in [-0.05, 0) is 37.9 Å². The molecule has 1 aromatic rings. The molecule has 0 atom stereocenters. The largest absolute Gasteiger partial charge is 0.352 e. The van der Waals surface area contributed by atoms with Crippen LogP contribution in [-0.4, -0.2) is 31.8 Å². The summed E-state index contributed by atoms with van der Waals surface area (Å²) in [6, 6.07) is 7.69. The molecule has 2 N–H and O–H groups in total. The quantitative estimate of drug-likeness (QED) is 0.577. The maximum atomic E-state index is 11.9. The fourth-order valence-corrected chi connectivity index (χ4v) is 2.11. The van der Waals surface area contributed by atoms with E-state index in [0.717, 1.165) is 30.0 Å². The highest BCUT2D eigenvalue weighted by Crippen LogP contribution is 2.19. The van der Waals surface area contributed by atoms with Crippen LogP contribution in [0.15, 0.2) is 29.2 Å². The molecule has 3 nitrogen and oxygen atoms in total. The van der Waals surface area contributed by atoms with Gasteiger partial charge in [-0.1, -0.05) is 19.1 Å². The molecular formula is C13H20N2OS. The zero-order valence-electron chi connectivity index (χ0n) is 10.5. The third-order valence-corrected chi connectivity index (χ3v) is 3.21. The molecule has 0 aromatic heterocycles. The Morgan fingerprint density at radius 3 is 2.76 bits per heavy atom. The number of rotatable bonds is 7. The molecule has 17 heavy (non-hydrogen) atoms. The zero-order chi connectivity index (χ0) is 12.5. The Morgan fingerprint density at radius 2 is 2.06 bits per heavy atom. The van der Waals surface area contributed by atoms with E-state index in [1.807, 2.05) is 30.5 Å². The Bertz CT molecular complexity index is 355. The van der Waals surface area contributed by atoms with Crippen molar-refractivity contribution in [3.8, 4) is 0 Å². The highest BCUT2D eigenvalue weighted by molar-refractivity contribution is 7.98. The molecule has 1 amide bonds. The summed E-state index contributed by atoms with van der Waals surface area (Å²) >= 11 is 1.60. The van der Waals surface area contributed by atoms with Crippen molar-refractivity contribution in [1.29, 1.82) is 0 Å². The molecule has 0 aliphatic rings. The van der Waals surface area contributed by atoms with Gasteiger partial charge in [-0.15, -0.1) is 11.8 Å². The van der Waals surface area contributed by atoms with E-state index in [9.17, 15) is 4.79 Å². The van der Waals surface area contributed by atoms with Crippen molar-refractivity contribution in [1.82, 2.24) is 10.6 Å². The van der Waals surface area contributed by atoms with Gasteiger partial charge in [0.15, 0.2) is 0 Å². The smallest absolute Gasteiger partial charge is 0.252 e. The number of hydrogen-bond acceptors (Lipinski definition) is 3. The van der Waals surface area contributed by atoms with Crippen LogP contribution in [0.25, 0.3) is 0 Å². The fraction of sp³-hybridized carbons (Fsp3) is 0.462. The minimum atomic E-state index is 0.0199. The first kappa shape index (κ1) is 14.1. The summed E-state index contributed by atoms with van der Waals surface area (Å²) in [4.78, 5) is 12.9. The molecule has 4 heteroatoms. The van der Waals surface area contributed by atoms with Crippen LogP contribution in [0.1, 0.15) is 23.7 Å². The van der Waals surface area contributed by atoms with Crippen LogP contribution in [0.2, 0.25) is 0 Å². The van der Waals surface area contributed by atoms with Crippen molar-refractivity contribution in [2.75, 3.05) is 25.9 Å². The van der Waals surface area contributed by atoms with Crippen LogP contribution in [0, 0.1) is 0 Å². The number of nitrogens with one attached hydrogen (secondary N) is 2. The molecule has 0 fully saturated rings. The van der Waals surface area contributed by atoms with Crippen molar-refractivity contribution in [3.63, 3.8) is 0 Å². The first-order chi connectivity index (χ1) is 8.29. The summed E-state index contributed by atoms with van der Waals surface area (Å²) < 4.78 is 0. The second-order valence-corrected chi connectivity index (χ2v) is 4.51. The minimum absolute atomic E-state index is 0.0199. The van der Waals surface area contributed by atoms with Gasteiger partial charge in [0.2, 0.25) is 0 Å². The second-order valence-electron chi connectivity index (χ2n) is 3.66. The summed E-state index contributed by atoms with van der Waals surface area (Å²) in [5.41, 5.74) is 0.767. The van der Waals surface area contributed by atoms with E-state index in [1.54, 1.807) is 11.8 Å². The van der Waals surface area contributed by atoms with Gasteiger partial charge in [0.25, 0.3) is 5.91 Å². The van der Waals surface area contributed by atoms with E-state index in [0.29, 0.717) is 6.54 Å². The summed E-state index contributed by atoms with van der Waals surface area (Å²) in [6.45, 7) is 4.71. The topological polar surface area (TPSA) is 41.1 Å². The molecule has 0 unspecified atom stereocenters. The Balaban J connectivity index is 2.41. The standard InChI is InChI=1S/C13H20N2OS/c1-3-14-9-6-10-15-13(16)11-7-4-5-8-12(11)17-2/h4-5,7-8,14H,3,6,9-10H2,1-2H3,(H,15,16). The maximum Gasteiger partial charge on any atom is 0.252 e. The van der Waals surface area contributed by atoms with Crippen LogP contribution < -0.4 is 10.6 Å². The Hall–Kier alpha value is -1.00. The average Bonchev–Trinajstić information content (AvgIpc) is 2.38. The average molecular weight is 252 g/mol. The van der Waals surface area contributed by atoms with Gasteiger partial charge in [0, 0.05) is 11.4 Å². The molecule has 0 saturated carbocycles. The zero-order valence-corrected chi connectivity index (χ0v) is 11.3. The van der Waals surface area contributed by atoms with Gasteiger partial charge in [0.1, 0.15) is 0 Å². The molecule has 0 aliphatic heterocycles. The molecular weight excluding hydrogens is 232 g/mol. The predicted molar refractivity (Wildman–Crippen MR) is 73.7 cm³/mol. The number of thioether (sulfide) groups is 1. The van der Waals surface area contributed by atoms with Crippen molar-refractivity contribution in [2.24, 2.45) is 0 Å². The lowest BCUT2D eigenvalue weighted by molar-refractivity contribution is 0.0950. The second kappa shape index (κ2) is 8.14. The number of hydrogen-bond donors (Lipinski definition) is 2. The monoisotopic (exact) mass is 252 g/mol. The van der Waals surface area contributed by atoms with Crippen molar-refractivity contribution < 1.29 is 4.79 Å². The van der Waals surface area contributed by atoms with E-state index in [2.05, 4.69) is 17.6 Å². The van der Waals surface area contributed by atoms with Gasteiger partial charge < -0.3 is 10.6 Å². The maximum absolute atomic E-state index is 11.9. The third kappa shape index (κ3) is 4.79. The molecule has 0 saturated heterocycles. The van der Waals surface area contributed by atoms with Gasteiger partial charge in [-0.3, -0.25) is 4.79 Å². The van der Waals surface area contributed by atoms with Crippen LogP contribution in [0.5, 0.6) is 0 Å². The van der Waals surface area contributed by atoms with E-state index < -0.39 is 0 Å². The highest BCUT2D eigenvalue weighted by Gasteiger charge is 2.08. The van der Waals surface area contributed by atoms with Gasteiger partial charge in [-0.2, -0.15) is 0 Å². The lowest BCUT2D eigenvalue weighted by Crippen LogP contribution is -2.27. The summed E-state index contributed by atoms with van der Waals surface area (Å²) in [5.74, 6) is 0.0199. The van der Waals surface area contributed by atoms with Gasteiger partial charge >= 0.3 is 0 Å². The van der Waals surface area contributed by atoms with Crippen LogP contribution in [0.3, 0.4) is 0 Å². The summed E-state index contributed by atoms with van der Waals surface area (Å²) in [6.07, 6.45) is 2.94. The molecule has 0 heterocycles. The molecule has 0 spiro atoms. The van der Waals surface area contributed by atoms with Crippen molar-refractivity contribution >= 4 is 17.7 Å². The predicted octanol–water partition coefficient (Wildman–Crippen LogP) is 2.14. The van der Waals surface area contributed by atoms with Crippen LogP contribution in [-0.2, 0) is 0 Å². The number of benzene rings is 1. The van der Waals surface area contributed by atoms with Gasteiger partial charge in [0.05, 0.1) is 5.56 Å². The van der Waals surface area contributed by atoms with E-state index >= 15 is 0 Å². The molecule has 0 bridgehead atoms. The first-order valence-electron chi connectivity index (χ1n) is 5.91. The lowest BCUT2D eigenvalue weighted by Gasteiger charge is -2.08. The Morgan fingerprint density at radius 1 is 1.29 bits per heavy atom. The minimum Gasteiger partial charge on any atom is -0.352 e. The van der Waals surface area contributed by atoms with E-state index in [4.69, 9.17) is 0 Å². The molecule has 0 radical (unpaired) electrons. The van der Waals surface area contributed by atoms with E-state index in [1.165, 1.54) is 0 Å².